The zero-order valence-electron chi connectivity index (χ0n) is 12.5. The Morgan fingerprint density at radius 3 is 2.67 bits per heavy atom. The fourth-order valence-electron chi connectivity index (χ4n) is 2.43. The molecule has 0 aromatic heterocycles. The van der Waals surface area contributed by atoms with Gasteiger partial charge in [0, 0.05) is 18.7 Å². The van der Waals surface area contributed by atoms with E-state index < -0.39 is 5.97 Å². The molecule has 1 aromatic rings. The van der Waals surface area contributed by atoms with Gasteiger partial charge in [-0.05, 0) is 29.2 Å². The first-order valence-electron chi connectivity index (χ1n) is 7.18. The van der Waals surface area contributed by atoms with Gasteiger partial charge in [0.15, 0.2) is 0 Å². The number of carbonyl (C=O) groups excluding carboxylic acids is 1. The van der Waals surface area contributed by atoms with E-state index in [2.05, 4.69) is 0 Å². The third-order valence-corrected chi connectivity index (χ3v) is 3.44. The Morgan fingerprint density at radius 1 is 1.29 bits per heavy atom. The van der Waals surface area contributed by atoms with Crippen LogP contribution >= 0.6 is 0 Å². The Labute approximate surface area is 124 Å². The van der Waals surface area contributed by atoms with Gasteiger partial charge in [0.2, 0.25) is 0 Å². The highest BCUT2D eigenvalue weighted by molar-refractivity contribution is 5.94. The number of carboxylic acids is 1. The van der Waals surface area contributed by atoms with Crippen molar-refractivity contribution in [2.24, 2.45) is 5.92 Å². The van der Waals surface area contributed by atoms with E-state index in [-0.39, 0.29) is 18.9 Å². The van der Waals surface area contributed by atoms with E-state index in [4.69, 9.17) is 9.84 Å². The first kappa shape index (κ1) is 15.5. The number of carbonyl (C=O) groups is 2. The first-order chi connectivity index (χ1) is 9.97. The molecular weight excluding hydrogens is 270 g/mol. The van der Waals surface area contributed by atoms with Gasteiger partial charge in [0.1, 0.15) is 0 Å². The molecule has 0 radical (unpaired) electrons. The summed E-state index contributed by atoms with van der Waals surface area (Å²) < 4.78 is 5.35. The summed E-state index contributed by atoms with van der Waals surface area (Å²) >= 11 is 0. The van der Waals surface area contributed by atoms with Gasteiger partial charge in [-0.15, -0.1) is 0 Å². The van der Waals surface area contributed by atoms with Crippen LogP contribution in [0.4, 0.5) is 0 Å². The second-order valence-electron chi connectivity index (χ2n) is 5.77. The molecule has 5 heteroatoms. The van der Waals surface area contributed by atoms with Gasteiger partial charge >= 0.3 is 5.97 Å². The minimum absolute atomic E-state index is 0.0352. The molecule has 1 amide bonds. The highest BCUT2D eigenvalue weighted by Crippen LogP contribution is 2.21. The summed E-state index contributed by atoms with van der Waals surface area (Å²) in [5.41, 5.74) is 2.77. The number of carboxylic acid groups (broad SMARTS) is 1. The van der Waals surface area contributed by atoms with E-state index in [0.29, 0.717) is 31.2 Å². The fourth-order valence-corrected chi connectivity index (χ4v) is 2.43. The van der Waals surface area contributed by atoms with Gasteiger partial charge in [0.05, 0.1) is 19.6 Å². The molecule has 0 bridgehead atoms. The molecule has 0 aliphatic carbocycles. The predicted octanol–water partition coefficient (Wildman–Crippen LogP) is 2.29. The van der Waals surface area contributed by atoms with Crippen molar-refractivity contribution in [3.8, 4) is 0 Å². The molecule has 0 saturated carbocycles. The summed E-state index contributed by atoms with van der Waals surface area (Å²) in [6.07, 6.45) is -0.0352. The molecule has 114 valence electrons. The summed E-state index contributed by atoms with van der Waals surface area (Å²) in [7, 11) is 0. The summed E-state index contributed by atoms with van der Waals surface area (Å²) in [6.45, 7) is 5.95. The van der Waals surface area contributed by atoms with Crippen LogP contribution in [0, 0.1) is 5.92 Å². The average molecular weight is 291 g/mol. The number of ether oxygens (including phenoxy) is 1. The maximum Gasteiger partial charge on any atom is 0.305 e. The SMILES string of the molecule is CC(C)CN(CCC(=O)O)C(=O)c1ccc2c(c1)COC2. The molecule has 5 nitrogen and oxygen atoms in total. The molecule has 0 fully saturated rings. The van der Waals surface area contributed by atoms with Gasteiger partial charge in [0.25, 0.3) is 5.91 Å². The number of aliphatic carboxylic acids is 1. The normalized spacial score (nSPS) is 13.3. The van der Waals surface area contributed by atoms with Gasteiger partial charge in [-0.25, -0.2) is 0 Å². The lowest BCUT2D eigenvalue weighted by atomic mass is 10.0. The standard InChI is InChI=1S/C16H21NO4/c1-11(2)8-17(6-5-15(18)19)16(20)12-3-4-13-9-21-10-14(13)7-12/h3-4,7,11H,5-6,8-10H2,1-2H3,(H,18,19). The van der Waals surface area contributed by atoms with Crippen LogP contribution in [-0.4, -0.2) is 35.0 Å². The molecule has 1 N–H and O–H groups in total. The number of fused-ring (bicyclic) bond motifs is 1. The van der Waals surface area contributed by atoms with Crippen molar-refractivity contribution < 1.29 is 19.4 Å². The van der Waals surface area contributed by atoms with Gasteiger partial charge < -0.3 is 14.7 Å². The van der Waals surface area contributed by atoms with Crippen LogP contribution in [0.25, 0.3) is 0 Å². The average Bonchev–Trinajstić information content (AvgIpc) is 2.89. The monoisotopic (exact) mass is 291 g/mol. The van der Waals surface area contributed by atoms with Gasteiger partial charge in [-0.1, -0.05) is 19.9 Å². The Hall–Kier alpha value is -1.88. The lowest BCUT2D eigenvalue weighted by Gasteiger charge is -2.24. The molecule has 1 heterocycles. The minimum Gasteiger partial charge on any atom is -0.481 e. The van der Waals surface area contributed by atoms with Crippen LogP contribution in [0.15, 0.2) is 18.2 Å². The second kappa shape index (κ2) is 6.72. The lowest BCUT2D eigenvalue weighted by molar-refractivity contribution is -0.137. The Balaban J connectivity index is 2.14. The summed E-state index contributed by atoms with van der Waals surface area (Å²) in [5.74, 6) is -0.709. The topological polar surface area (TPSA) is 66.8 Å². The highest BCUT2D eigenvalue weighted by atomic mass is 16.5. The molecule has 1 aliphatic heterocycles. The molecule has 0 atom stereocenters. The zero-order valence-corrected chi connectivity index (χ0v) is 12.5. The van der Waals surface area contributed by atoms with Crippen LogP contribution < -0.4 is 0 Å². The Bertz CT molecular complexity index is 539. The van der Waals surface area contributed by atoms with E-state index in [1.165, 1.54) is 0 Å². The molecule has 1 aromatic carbocycles. The summed E-state index contributed by atoms with van der Waals surface area (Å²) in [5, 5.41) is 8.82. The van der Waals surface area contributed by atoms with Crippen molar-refractivity contribution in [2.75, 3.05) is 13.1 Å². The smallest absolute Gasteiger partial charge is 0.305 e. The number of hydrogen-bond acceptors (Lipinski definition) is 3. The van der Waals surface area contributed by atoms with Crippen molar-refractivity contribution in [3.63, 3.8) is 0 Å². The van der Waals surface area contributed by atoms with Crippen molar-refractivity contribution in [3.05, 3.63) is 34.9 Å². The third-order valence-electron chi connectivity index (χ3n) is 3.44. The Morgan fingerprint density at radius 2 is 2.00 bits per heavy atom. The van der Waals surface area contributed by atoms with Crippen molar-refractivity contribution in [1.29, 1.82) is 0 Å². The van der Waals surface area contributed by atoms with E-state index >= 15 is 0 Å². The van der Waals surface area contributed by atoms with Crippen molar-refractivity contribution >= 4 is 11.9 Å². The summed E-state index contributed by atoms with van der Waals surface area (Å²) in [6, 6.07) is 5.57. The number of amides is 1. The molecule has 1 aliphatic rings. The Kier molecular flexibility index (Phi) is 4.96. The van der Waals surface area contributed by atoms with E-state index in [0.717, 1.165) is 11.1 Å². The molecule has 0 saturated heterocycles. The number of nitrogens with zero attached hydrogens (tertiary/aromatic N) is 1. The van der Waals surface area contributed by atoms with Crippen LogP contribution in [-0.2, 0) is 22.7 Å². The van der Waals surface area contributed by atoms with Crippen LogP contribution in [0.5, 0.6) is 0 Å². The van der Waals surface area contributed by atoms with Crippen molar-refractivity contribution in [1.82, 2.24) is 4.90 Å². The van der Waals surface area contributed by atoms with E-state index in [1.807, 2.05) is 26.0 Å². The maximum atomic E-state index is 12.6. The van der Waals surface area contributed by atoms with Crippen LogP contribution in [0.3, 0.4) is 0 Å². The fraction of sp³-hybridized carbons (Fsp3) is 0.500. The third kappa shape index (κ3) is 4.04. The molecule has 21 heavy (non-hydrogen) atoms. The van der Waals surface area contributed by atoms with Crippen LogP contribution in [0.1, 0.15) is 41.8 Å². The quantitative estimate of drug-likeness (QED) is 0.873. The number of rotatable bonds is 6. The highest BCUT2D eigenvalue weighted by Gasteiger charge is 2.20. The molecule has 0 unspecified atom stereocenters. The second-order valence-corrected chi connectivity index (χ2v) is 5.77. The predicted molar refractivity (Wildman–Crippen MR) is 77.9 cm³/mol. The molecular formula is C16H21NO4. The van der Waals surface area contributed by atoms with Gasteiger partial charge in [-0.3, -0.25) is 9.59 Å². The minimum atomic E-state index is -0.890. The van der Waals surface area contributed by atoms with E-state index in [1.54, 1.807) is 11.0 Å². The van der Waals surface area contributed by atoms with Crippen molar-refractivity contribution in [2.45, 2.75) is 33.5 Å². The molecule has 2 rings (SSSR count). The van der Waals surface area contributed by atoms with Gasteiger partial charge in [-0.2, -0.15) is 0 Å². The number of benzene rings is 1. The lowest BCUT2D eigenvalue weighted by Crippen LogP contribution is -2.36. The largest absolute Gasteiger partial charge is 0.481 e. The number of hydrogen-bond donors (Lipinski definition) is 1. The molecule has 0 spiro atoms. The zero-order chi connectivity index (χ0) is 15.4. The van der Waals surface area contributed by atoms with E-state index in [9.17, 15) is 9.59 Å². The van der Waals surface area contributed by atoms with Crippen LogP contribution in [0.2, 0.25) is 0 Å². The maximum absolute atomic E-state index is 12.6. The summed E-state index contributed by atoms with van der Waals surface area (Å²) in [4.78, 5) is 25.0. The first-order valence-corrected chi connectivity index (χ1v) is 7.18.